The van der Waals surface area contributed by atoms with Crippen molar-refractivity contribution in [1.82, 2.24) is 0 Å². The molecule has 0 fully saturated rings. The second-order valence-corrected chi connectivity index (χ2v) is 5.44. The predicted octanol–water partition coefficient (Wildman–Crippen LogP) is 3.58. The molecule has 1 aromatic rings. The maximum Gasteiger partial charge on any atom is 0.0414 e. The molecule has 1 rings (SSSR count). The first kappa shape index (κ1) is 14.0. The lowest BCUT2D eigenvalue weighted by molar-refractivity contribution is 0.503. The summed E-state index contributed by atoms with van der Waals surface area (Å²) in [6, 6.07) is 9.05. The molecule has 0 spiro atoms. The molecule has 17 heavy (non-hydrogen) atoms. The van der Waals surface area contributed by atoms with Gasteiger partial charge in [-0.1, -0.05) is 32.0 Å². The molecule has 2 nitrogen and oxygen atoms in total. The molecular formula is C15H26N2. The fourth-order valence-corrected chi connectivity index (χ4v) is 2.27. The molecule has 0 aromatic heterocycles. The van der Waals surface area contributed by atoms with Gasteiger partial charge < -0.3 is 10.6 Å². The lowest BCUT2D eigenvalue weighted by Crippen LogP contribution is -2.31. The second kappa shape index (κ2) is 6.06. The van der Waals surface area contributed by atoms with Gasteiger partial charge in [0.05, 0.1) is 0 Å². The summed E-state index contributed by atoms with van der Waals surface area (Å²) >= 11 is 0. The van der Waals surface area contributed by atoms with Crippen LogP contribution in [0.15, 0.2) is 24.3 Å². The molecule has 2 atom stereocenters. The molecule has 2 heteroatoms. The van der Waals surface area contributed by atoms with Crippen molar-refractivity contribution in [3.05, 3.63) is 29.8 Å². The minimum absolute atomic E-state index is 0.0832. The highest BCUT2D eigenvalue weighted by atomic mass is 15.1. The van der Waals surface area contributed by atoms with E-state index >= 15 is 0 Å². The Bertz CT molecular complexity index is 345. The minimum atomic E-state index is 0.0832. The van der Waals surface area contributed by atoms with Crippen LogP contribution in [0.2, 0.25) is 0 Å². The fraction of sp³-hybridized carbons (Fsp3) is 0.600. The van der Waals surface area contributed by atoms with Crippen molar-refractivity contribution in [2.75, 3.05) is 11.9 Å². The predicted molar refractivity (Wildman–Crippen MR) is 76.4 cm³/mol. The van der Waals surface area contributed by atoms with Gasteiger partial charge in [-0.05, 0) is 37.8 Å². The van der Waals surface area contributed by atoms with Crippen LogP contribution in [0, 0.1) is 5.92 Å². The minimum Gasteiger partial charge on any atom is -0.372 e. The van der Waals surface area contributed by atoms with Gasteiger partial charge in [-0.15, -0.1) is 0 Å². The summed E-state index contributed by atoms with van der Waals surface area (Å²) in [5, 5.41) is 0. The van der Waals surface area contributed by atoms with Crippen LogP contribution in [-0.2, 0) is 0 Å². The summed E-state index contributed by atoms with van der Waals surface area (Å²) in [5.41, 5.74) is 8.51. The standard InChI is InChI=1S/C15H26N2/c1-11(2)10-12(3)17(5)15-9-7-6-8-14(15)13(4)16/h6-9,11-13H,10,16H2,1-5H3/t12?,13-/m1/s1. The summed E-state index contributed by atoms with van der Waals surface area (Å²) < 4.78 is 0. The number of anilines is 1. The number of nitrogens with zero attached hydrogens (tertiary/aromatic N) is 1. The van der Waals surface area contributed by atoms with Crippen LogP contribution in [0.5, 0.6) is 0 Å². The van der Waals surface area contributed by atoms with Crippen LogP contribution in [-0.4, -0.2) is 13.1 Å². The number of para-hydroxylation sites is 1. The molecule has 0 saturated heterocycles. The number of rotatable bonds is 5. The summed E-state index contributed by atoms with van der Waals surface area (Å²) in [6.45, 7) is 8.85. The zero-order valence-corrected chi connectivity index (χ0v) is 11.8. The number of hydrogen-bond acceptors (Lipinski definition) is 2. The van der Waals surface area contributed by atoms with Crippen molar-refractivity contribution in [3.63, 3.8) is 0 Å². The van der Waals surface area contributed by atoms with Gasteiger partial charge in [-0.25, -0.2) is 0 Å². The van der Waals surface area contributed by atoms with Crippen molar-refractivity contribution in [1.29, 1.82) is 0 Å². The largest absolute Gasteiger partial charge is 0.372 e. The molecule has 0 radical (unpaired) electrons. The van der Waals surface area contributed by atoms with Gasteiger partial charge in [0.2, 0.25) is 0 Å². The van der Waals surface area contributed by atoms with E-state index in [2.05, 4.69) is 57.0 Å². The monoisotopic (exact) mass is 234 g/mol. The normalized spacial score (nSPS) is 14.8. The molecule has 0 heterocycles. The molecule has 96 valence electrons. The Labute approximate surface area is 106 Å². The Hall–Kier alpha value is -1.02. The summed E-state index contributed by atoms with van der Waals surface area (Å²) in [5.74, 6) is 0.718. The van der Waals surface area contributed by atoms with Gasteiger partial charge in [0.15, 0.2) is 0 Å². The first-order chi connectivity index (χ1) is 7.93. The van der Waals surface area contributed by atoms with Gasteiger partial charge in [-0.3, -0.25) is 0 Å². The van der Waals surface area contributed by atoms with Crippen LogP contribution >= 0.6 is 0 Å². The molecule has 0 aliphatic heterocycles. The maximum absolute atomic E-state index is 6.03. The Morgan fingerprint density at radius 1 is 1.12 bits per heavy atom. The zero-order chi connectivity index (χ0) is 13.0. The van der Waals surface area contributed by atoms with Gasteiger partial charge in [0, 0.05) is 24.8 Å². The van der Waals surface area contributed by atoms with Crippen LogP contribution in [0.4, 0.5) is 5.69 Å². The highest BCUT2D eigenvalue weighted by molar-refractivity contribution is 5.54. The molecule has 0 saturated carbocycles. The Morgan fingerprint density at radius 3 is 2.24 bits per heavy atom. The third-order valence-electron chi connectivity index (χ3n) is 3.28. The van der Waals surface area contributed by atoms with Crippen molar-refractivity contribution in [2.45, 2.75) is 46.2 Å². The fourth-order valence-electron chi connectivity index (χ4n) is 2.27. The number of benzene rings is 1. The quantitative estimate of drug-likeness (QED) is 0.844. The van der Waals surface area contributed by atoms with E-state index in [-0.39, 0.29) is 6.04 Å². The Balaban J connectivity index is 2.91. The van der Waals surface area contributed by atoms with Crippen LogP contribution in [0.3, 0.4) is 0 Å². The van der Waals surface area contributed by atoms with E-state index in [1.807, 2.05) is 6.92 Å². The lowest BCUT2D eigenvalue weighted by Gasteiger charge is -2.31. The number of hydrogen-bond donors (Lipinski definition) is 1. The molecular weight excluding hydrogens is 208 g/mol. The summed E-state index contributed by atoms with van der Waals surface area (Å²) in [6.07, 6.45) is 1.20. The first-order valence-corrected chi connectivity index (χ1v) is 6.50. The van der Waals surface area contributed by atoms with Crippen molar-refractivity contribution in [2.24, 2.45) is 11.7 Å². The van der Waals surface area contributed by atoms with Crippen LogP contribution in [0.25, 0.3) is 0 Å². The topological polar surface area (TPSA) is 29.3 Å². The van der Waals surface area contributed by atoms with Crippen molar-refractivity contribution < 1.29 is 0 Å². The van der Waals surface area contributed by atoms with E-state index in [0.717, 1.165) is 5.92 Å². The van der Waals surface area contributed by atoms with E-state index in [4.69, 9.17) is 5.73 Å². The average Bonchev–Trinajstić information content (AvgIpc) is 2.27. The highest BCUT2D eigenvalue weighted by Crippen LogP contribution is 2.26. The second-order valence-electron chi connectivity index (χ2n) is 5.44. The third kappa shape index (κ3) is 3.74. The summed E-state index contributed by atoms with van der Waals surface area (Å²) in [4.78, 5) is 2.35. The Morgan fingerprint density at radius 2 is 1.71 bits per heavy atom. The molecule has 0 amide bonds. The maximum atomic E-state index is 6.03. The molecule has 0 aliphatic carbocycles. The van der Waals surface area contributed by atoms with Gasteiger partial charge in [-0.2, -0.15) is 0 Å². The average molecular weight is 234 g/mol. The molecule has 1 aromatic carbocycles. The van der Waals surface area contributed by atoms with Gasteiger partial charge in [0.1, 0.15) is 0 Å². The number of nitrogens with two attached hydrogens (primary N) is 1. The molecule has 0 bridgehead atoms. The third-order valence-corrected chi connectivity index (χ3v) is 3.28. The van der Waals surface area contributed by atoms with E-state index in [9.17, 15) is 0 Å². The highest BCUT2D eigenvalue weighted by Gasteiger charge is 2.15. The SMILES string of the molecule is CC(C)CC(C)N(C)c1ccccc1[C@@H](C)N. The van der Waals surface area contributed by atoms with E-state index in [1.54, 1.807) is 0 Å². The van der Waals surface area contributed by atoms with Crippen LogP contribution < -0.4 is 10.6 Å². The smallest absolute Gasteiger partial charge is 0.0414 e. The lowest BCUT2D eigenvalue weighted by atomic mass is 10.0. The van der Waals surface area contributed by atoms with E-state index in [1.165, 1.54) is 17.7 Å². The van der Waals surface area contributed by atoms with Crippen molar-refractivity contribution in [3.8, 4) is 0 Å². The van der Waals surface area contributed by atoms with E-state index in [0.29, 0.717) is 6.04 Å². The summed E-state index contributed by atoms with van der Waals surface area (Å²) in [7, 11) is 2.16. The molecule has 1 unspecified atom stereocenters. The zero-order valence-electron chi connectivity index (χ0n) is 11.8. The molecule has 0 aliphatic rings. The van der Waals surface area contributed by atoms with Gasteiger partial charge >= 0.3 is 0 Å². The first-order valence-electron chi connectivity index (χ1n) is 6.50. The van der Waals surface area contributed by atoms with Gasteiger partial charge in [0.25, 0.3) is 0 Å². The van der Waals surface area contributed by atoms with Crippen LogP contribution in [0.1, 0.15) is 45.7 Å². The van der Waals surface area contributed by atoms with E-state index < -0.39 is 0 Å². The van der Waals surface area contributed by atoms with Crippen molar-refractivity contribution >= 4 is 5.69 Å². The Kier molecular flexibility index (Phi) is 5.01. The molecule has 2 N–H and O–H groups in total.